The van der Waals surface area contributed by atoms with Gasteiger partial charge in [-0.05, 0) is 6.92 Å². The van der Waals surface area contributed by atoms with Crippen LogP contribution in [0.25, 0.3) is 5.03 Å². The van der Waals surface area contributed by atoms with Crippen molar-refractivity contribution in [3.63, 3.8) is 0 Å². The van der Waals surface area contributed by atoms with E-state index in [4.69, 9.17) is 9.47 Å². The van der Waals surface area contributed by atoms with Gasteiger partial charge in [0.05, 0.1) is 25.5 Å². The molecule has 0 saturated carbocycles. The molecular weight excluding hydrogens is 366 g/mol. The van der Waals surface area contributed by atoms with Gasteiger partial charge in [-0.15, -0.1) is 0 Å². The van der Waals surface area contributed by atoms with Crippen LogP contribution in [0.2, 0.25) is 0 Å². The number of carbonyl (C=O) groups excluding carboxylic acids is 3. The number of aromatic nitrogens is 2. The lowest BCUT2D eigenvalue weighted by Crippen LogP contribution is -2.58. The molecule has 1 aromatic rings. The Balaban J connectivity index is 1.80. The Bertz CT molecular complexity index is 748. The number of thioether (sulfide) groups is 1. The third-order valence-electron chi connectivity index (χ3n) is 3.76. The number of nitrogens with zero attached hydrogens (tertiary/aromatic N) is 3. The minimum atomic E-state index is -1.20. The minimum Gasteiger partial charge on any atom is -0.435 e. The Kier molecular flexibility index (Phi) is 5.18. The Labute approximate surface area is 152 Å². The van der Waals surface area contributed by atoms with Crippen LogP contribution in [0.3, 0.4) is 0 Å². The lowest BCUT2D eigenvalue weighted by molar-refractivity contribution is -0.169. The number of β-lactam (4-membered cyclic amide) rings is 1. The SMILES string of the molecule is CCOC(=O)OC(C)OC(=O)C1=C(n2ccnc2)S[C@@H]2[C@@H](CO)C(=O)N12. The number of imidazole rings is 1. The first-order valence-corrected chi connectivity index (χ1v) is 8.73. The maximum atomic E-state index is 12.6. The largest absolute Gasteiger partial charge is 0.511 e. The number of carbonyl (C=O) groups is 3. The smallest absolute Gasteiger partial charge is 0.435 e. The summed E-state index contributed by atoms with van der Waals surface area (Å²) in [5.74, 6) is -1.78. The molecule has 10 nitrogen and oxygen atoms in total. The van der Waals surface area contributed by atoms with Crippen LogP contribution in [0, 0.1) is 5.92 Å². The van der Waals surface area contributed by atoms with Gasteiger partial charge in [0.2, 0.25) is 12.2 Å². The molecule has 0 aromatic carbocycles. The molecule has 0 aliphatic carbocycles. The predicted octanol–water partition coefficient (Wildman–Crippen LogP) is 0.595. The fourth-order valence-corrected chi connectivity index (χ4v) is 4.04. The summed E-state index contributed by atoms with van der Waals surface area (Å²) in [7, 11) is 0. The summed E-state index contributed by atoms with van der Waals surface area (Å²) in [6, 6.07) is 0. The van der Waals surface area contributed by atoms with Crippen molar-refractivity contribution < 1.29 is 33.7 Å². The van der Waals surface area contributed by atoms with E-state index < -0.39 is 29.7 Å². The number of ether oxygens (including phenoxy) is 3. The molecule has 3 atom stereocenters. The van der Waals surface area contributed by atoms with Crippen LogP contribution in [-0.4, -0.2) is 62.5 Å². The molecule has 1 aromatic heterocycles. The van der Waals surface area contributed by atoms with Gasteiger partial charge < -0.3 is 19.3 Å². The Morgan fingerprint density at radius 1 is 1.42 bits per heavy atom. The Morgan fingerprint density at radius 3 is 2.81 bits per heavy atom. The zero-order valence-electron chi connectivity index (χ0n) is 14.0. The van der Waals surface area contributed by atoms with E-state index in [0.29, 0.717) is 5.03 Å². The van der Waals surface area contributed by atoms with Gasteiger partial charge in [-0.2, -0.15) is 0 Å². The van der Waals surface area contributed by atoms with Crippen LogP contribution in [-0.2, 0) is 23.8 Å². The number of fused-ring (bicyclic) bond motifs is 1. The number of esters is 1. The first-order chi connectivity index (χ1) is 12.5. The van der Waals surface area contributed by atoms with Gasteiger partial charge in [0.1, 0.15) is 10.4 Å². The lowest BCUT2D eigenvalue weighted by atomic mass is 9.98. The summed E-state index contributed by atoms with van der Waals surface area (Å²) in [5, 5.41) is 9.41. The van der Waals surface area contributed by atoms with E-state index in [1.54, 1.807) is 17.7 Å². The molecule has 1 amide bonds. The highest BCUT2D eigenvalue weighted by Gasteiger charge is 2.56. The molecule has 11 heteroatoms. The summed E-state index contributed by atoms with van der Waals surface area (Å²) < 4.78 is 16.1. The molecule has 0 spiro atoms. The van der Waals surface area contributed by atoms with Crippen LogP contribution in [0.5, 0.6) is 0 Å². The van der Waals surface area contributed by atoms with E-state index in [-0.39, 0.29) is 24.8 Å². The second-order valence-corrected chi connectivity index (χ2v) is 6.51. The molecule has 1 saturated heterocycles. The van der Waals surface area contributed by atoms with Crippen molar-refractivity contribution in [3.05, 3.63) is 24.4 Å². The molecule has 2 aliphatic heterocycles. The molecule has 0 radical (unpaired) electrons. The van der Waals surface area contributed by atoms with E-state index >= 15 is 0 Å². The van der Waals surface area contributed by atoms with Gasteiger partial charge in [-0.3, -0.25) is 14.3 Å². The van der Waals surface area contributed by atoms with E-state index in [9.17, 15) is 19.5 Å². The van der Waals surface area contributed by atoms with Crippen molar-refractivity contribution in [2.75, 3.05) is 13.2 Å². The fraction of sp³-hybridized carbons (Fsp3) is 0.467. The van der Waals surface area contributed by atoms with E-state index in [2.05, 4.69) is 9.72 Å². The van der Waals surface area contributed by atoms with E-state index in [1.807, 2.05) is 0 Å². The van der Waals surface area contributed by atoms with Crippen molar-refractivity contribution in [1.82, 2.24) is 14.5 Å². The summed E-state index contributed by atoms with van der Waals surface area (Å²) in [6.07, 6.45) is 2.48. The zero-order chi connectivity index (χ0) is 18.8. The molecule has 140 valence electrons. The zero-order valence-corrected chi connectivity index (χ0v) is 14.8. The van der Waals surface area contributed by atoms with E-state index in [1.165, 1.54) is 36.1 Å². The maximum Gasteiger partial charge on any atom is 0.511 e. The lowest BCUT2D eigenvalue weighted by Gasteiger charge is -2.41. The average molecular weight is 383 g/mol. The molecule has 1 unspecified atom stereocenters. The molecular formula is C15H17N3O7S. The van der Waals surface area contributed by atoms with Crippen molar-refractivity contribution in [1.29, 1.82) is 0 Å². The van der Waals surface area contributed by atoms with Crippen molar-refractivity contribution in [2.24, 2.45) is 5.92 Å². The standard InChI is InChI=1S/C15H17N3O7S/c1-3-23-15(22)25-8(2)24-14(21)10-13(17-5-4-16-7-17)26-12-9(6-19)11(20)18(10)12/h4-5,7-9,12,19H,3,6H2,1-2H3/t8?,9-,12+/m0/s1. The highest BCUT2D eigenvalue weighted by atomic mass is 32.2. The Hall–Kier alpha value is -2.53. The van der Waals surface area contributed by atoms with E-state index in [0.717, 1.165) is 0 Å². The summed E-state index contributed by atoms with van der Waals surface area (Å²) in [4.78, 5) is 41.4. The second-order valence-electron chi connectivity index (χ2n) is 5.40. The van der Waals surface area contributed by atoms with Crippen molar-refractivity contribution in [2.45, 2.75) is 25.5 Å². The molecule has 1 N–H and O–H groups in total. The summed E-state index contributed by atoms with van der Waals surface area (Å²) in [6.45, 7) is 2.79. The van der Waals surface area contributed by atoms with Gasteiger partial charge >= 0.3 is 12.1 Å². The average Bonchev–Trinajstić information content (AvgIpc) is 3.20. The van der Waals surface area contributed by atoms with Gasteiger partial charge in [-0.25, -0.2) is 14.6 Å². The van der Waals surface area contributed by atoms with Crippen molar-refractivity contribution >= 4 is 34.8 Å². The molecule has 2 aliphatic rings. The number of hydrogen-bond acceptors (Lipinski definition) is 9. The van der Waals surface area contributed by atoms with Crippen LogP contribution < -0.4 is 0 Å². The summed E-state index contributed by atoms with van der Waals surface area (Å²) in [5.41, 5.74) is 0.0204. The van der Waals surface area contributed by atoms with Crippen molar-refractivity contribution in [3.8, 4) is 0 Å². The highest BCUT2D eigenvalue weighted by molar-refractivity contribution is 8.08. The topological polar surface area (TPSA) is 120 Å². The fourth-order valence-electron chi connectivity index (χ4n) is 2.60. The monoisotopic (exact) mass is 383 g/mol. The number of aliphatic hydroxyl groups is 1. The van der Waals surface area contributed by atoms with Gasteiger partial charge in [0.25, 0.3) is 0 Å². The van der Waals surface area contributed by atoms with Gasteiger partial charge in [0, 0.05) is 19.3 Å². The van der Waals surface area contributed by atoms with Crippen LogP contribution in [0.15, 0.2) is 24.4 Å². The molecule has 0 bridgehead atoms. The maximum absolute atomic E-state index is 12.6. The third kappa shape index (κ3) is 3.15. The number of aliphatic hydroxyl groups excluding tert-OH is 1. The second kappa shape index (κ2) is 7.38. The van der Waals surface area contributed by atoms with Gasteiger partial charge in [0.15, 0.2) is 5.70 Å². The highest BCUT2D eigenvalue weighted by Crippen LogP contribution is 2.51. The quantitative estimate of drug-likeness (QED) is 0.427. The van der Waals surface area contributed by atoms with Crippen LogP contribution in [0.1, 0.15) is 13.8 Å². The number of rotatable bonds is 6. The third-order valence-corrected chi connectivity index (χ3v) is 5.16. The first-order valence-electron chi connectivity index (χ1n) is 7.85. The number of amides is 1. The van der Waals surface area contributed by atoms with Gasteiger partial charge in [-0.1, -0.05) is 11.8 Å². The Morgan fingerprint density at radius 2 is 2.19 bits per heavy atom. The van der Waals surface area contributed by atoms with Crippen LogP contribution >= 0.6 is 11.8 Å². The first kappa shape index (κ1) is 18.3. The summed E-state index contributed by atoms with van der Waals surface area (Å²) >= 11 is 1.25. The molecule has 1 fully saturated rings. The molecule has 3 rings (SSSR count). The minimum absolute atomic E-state index is 0.0204. The molecule has 3 heterocycles. The normalized spacial score (nSPS) is 22.6. The van der Waals surface area contributed by atoms with Crippen LogP contribution in [0.4, 0.5) is 4.79 Å². The number of hydrogen-bond donors (Lipinski definition) is 1. The molecule has 26 heavy (non-hydrogen) atoms. The predicted molar refractivity (Wildman–Crippen MR) is 87.9 cm³/mol.